The molecule has 2 N–H and O–H groups in total. The molecule has 1 amide bonds. The van der Waals surface area contributed by atoms with E-state index in [1.54, 1.807) is 24.3 Å². The summed E-state index contributed by atoms with van der Waals surface area (Å²) in [5.74, 6) is -0.507. The lowest BCUT2D eigenvalue weighted by Crippen LogP contribution is -2.34. The molecule has 8 heteroatoms. The van der Waals surface area contributed by atoms with Crippen molar-refractivity contribution in [3.63, 3.8) is 0 Å². The molecular weight excluding hydrogens is 371 g/mol. The van der Waals surface area contributed by atoms with Crippen molar-refractivity contribution in [2.45, 2.75) is 24.7 Å². The van der Waals surface area contributed by atoms with Crippen molar-refractivity contribution in [3.05, 3.63) is 59.9 Å². The minimum absolute atomic E-state index is 0.0909. The van der Waals surface area contributed by atoms with Crippen LogP contribution in [0.1, 0.15) is 18.4 Å². The smallest absolute Gasteiger partial charge is 0.240 e. The summed E-state index contributed by atoms with van der Waals surface area (Å²) in [4.78, 5) is 11.9. The Morgan fingerprint density at radius 3 is 2.48 bits per heavy atom. The maximum Gasteiger partial charge on any atom is 0.240 e. The molecule has 2 rings (SSSR count). The Balaban J connectivity index is 1.62. The van der Waals surface area contributed by atoms with Gasteiger partial charge in [0.15, 0.2) is 11.6 Å². The van der Waals surface area contributed by atoms with Gasteiger partial charge in [0.25, 0.3) is 0 Å². The molecule has 0 bridgehead atoms. The largest absolute Gasteiger partial charge is 0.491 e. The van der Waals surface area contributed by atoms with Gasteiger partial charge in [-0.3, -0.25) is 4.79 Å². The summed E-state index contributed by atoms with van der Waals surface area (Å²) < 4.78 is 45.2. The van der Waals surface area contributed by atoms with Gasteiger partial charge in [-0.05, 0) is 37.6 Å². The van der Waals surface area contributed by atoms with Crippen LogP contribution in [-0.4, -0.2) is 34.0 Å². The Hall–Kier alpha value is -2.45. The quantitative estimate of drug-likeness (QED) is 0.606. The Labute approximate surface area is 158 Å². The van der Waals surface area contributed by atoms with E-state index in [0.717, 1.165) is 5.56 Å². The highest BCUT2D eigenvalue weighted by atomic mass is 32.2. The monoisotopic (exact) mass is 394 g/mol. The van der Waals surface area contributed by atoms with E-state index in [0.29, 0.717) is 6.42 Å². The summed E-state index contributed by atoms with van der Waals surface area (Å²) in [5.41, 5.74) is 0.972. The highest BCUT2D eigenvalue weighted by Crippen LogP contribution is 2.15. The first kappa shape index (κ1) is 20.9. The predicted octanol–water partition coefficient (Wildman–Crippen LogP) is 2.39. The van der Waals surface area contributed by atoms with Crippen LogP contribution < -0.4 is 14.8 Å². The summed E-state index contributed by atoms with van der Waals surface area (Å²) in [6, 6.07) is 12.6. The third-order valence-corrected chi connectivity index (χ3v) is 5.19. The second-order valence-corrected chi connectivity index (χ2v) is 7.71. The number of aryl methyl sites for hydroxylation is 1. The van der Waals surface area contributed by atoms with E-state index >= 15 is 0 Å². The van der Waals surface area contributed by atoms with Gasteiger partial charge in [0, 0.05) is 19.5 Å². The Morgan fingerprint density at radius 1 is 1.07 bits per heavy atom. The molecule has 0 aliphatic heterocycles. The van der Waals surface area contributed by atoms with Gasteiger partial charge in [0.2, 0.25) is 15.9 Å². The Morgan fingerprint density at radius 2 is 1.78 bits per heavy atom. The molecular formula is C19H23FN2O4S. The molecule has 0 fully saturated rings. The zero-order valence-electron chi connectivity index (χ0n) is 15.1. The number of ether oxygens (including phenoxy) is 1. The van der Waals surface area contributed by atoms with E-state index in [2.05, 4.69) is 10.0 Å². The van der Waals surface area contributed by atoms with Crippen molar-refractivity contribution in [3.8, 4) is 5.75 Å². The van der Waals surface area contributed by atoms with E-state index < -0.39 is 15.8 Å². The lowest BCUT2D eigenvalue weighted by molar-refractivity contribution is -0.121. The standard InChI is InChI=1S/C19H23FN2O4S/c1-15-8-10-16(11-9-15)27(24,25)22-13-12-21-19(23)7-4-14-26-18-6-3-2-5-17(18)20/h2-3,5-6,8-11,22H,4,7,12-14H2,1H3,(H,21,23). The van der Waals surface area contributed by atoms with Crippen LogP contribution in [0.25, 0.3) is 0 Å². The number of benzene rings is 2. The summed E-state index contributed by atoms with van der Waals surface area (Å²) in [6.45, 7) is 2.36. The molecule has 27 heavy (non-hydrogen) atoms. The fraction of sp³-hybridized carbons (Fsp3) is 0.316. The maximum absolute atomic E-state index is 13.4. The van der Waals surface area contributed by atoms with Crippen molar-refractivity contribution in [1.29, 1.82) is 0 Å². The number of amides is 1. The average molecular weight is 394 g/mol. The molecule has 2 aromatic rings. The van der Waals surface area contributed by atoms with E-state index in [-0.39, 0.29) is 42.7 Å². The van der Waals surface area contributed by atoms with Crippen LogP contribution in [0.4, 0.5) is 4.39 Å². The SMILES string of the molecule is Cc1ccc(S(=O)(=O)NCCNC(=O)CCCOc2ccccc2F)cc1. The number of hydrogen-bond acceptors (Lipinski definition) is 4. The second-order valence-electron chi connectivity index (χ2n) is 5.94. The molecule has 0 unspecified atom stereocenters. The van der Waals surface area contributed by atoms with Crippen molar-refractivity contribution >= 4 is 15.9 Å². The lowest BCUT2D eigenvalue weighted by atomic mass is 10.2. The molecule has 2 aromatic carbocycles. The van der Waals surface area contributed by atoms with Gasteiger partial charge >= 0.3 is 0 Å². The number of para-hydroxylation sites is 1. The highest BCUT2D eigenvalue weighted by Gasteiger charge is 2.12. The van der Waals surface area contributed by atoms with Gasteiger partial charge in [0.1, 0.15) is 0 Å². The van der Waals surface area contributed by atoms with Crippen LogP contribution in [-0.2, 0) is 14.8 Å². The minimum atomic E-state index is -3.59. The summed E-state index contributed by atoms with van der Waals surface area (Å²) in [7, 11) is -3.59. The summed E-state index contributed by atoms with van der Waals surface area (Å²) in [5, 5.41) is 2.63. The van der Waals surface area contributed by atoms with Crippen LogP contribution in [0, 0.1) is 12.7 Å². The van der Waals surface area contributed by atoms with Crippen LogP contribution in [0.2, 0.25) is 0 Å². The molecule has 0 atom stereocenters. The molecule has 6 nitrogen and oxygen atoms in total. The number of halogens is 1. The number of carbonyl (C=O) groups excluding carboxylic acids is 1. The number of nitrogens with one attached hydrogen (secondary N) is 2. The van der Waals surface area contributed by atoms with E-state index in [4.69, 9.17) is 4.74 Å². The topological polar surface area (TPSA) is 84.5 Å². The molecule has 0 aromatic heterocycles. The predicted molar refractivity (Wildman–Crippen MR) is 101 cm³/mol. The molecule has 0 spiro atoms. The minimum Gasteiger partial charge on any atom is -0.491 e. The van der Waals surface area contributed by atoms with Crippen LogP contribution in [0.15, 0.2) is 53.4 Å². The molecule has 0 heterocycles. The fourth-order valence-corrected chi connectivity index (χ4v) is 3.28. The average Bonchev–Trinajstić information content (AvgIpc) is 2.64. The van der Waals surface area contributed by atoms with Gasteiger partial charge in [0.05, 0.1) is 11.5 Å². The molecule has 0 aliphatic carbocycles. The van der Waals surface area contributed by atoms with Gasteiger partial charge < -0.3 is 10.1 Å². The number of hydrogen-bond donors (Lipinski definition) is 2. The fourth-order valence-electron chi connectivity index (χ4n) is 2.25. The van der Waals surface area contributed by atoms with Crippen molar-refractivity contribution in [1.82, 2.24) is 10.0 Å². The Kier molecular flexibility index (Phi) is 7.75. The Bertz CT molecular complexity index is 854. The van der Waals surface area contributed by atoms with Gasteiger partial charge in [-0.25, -0.2) is 17.5 Å². The summed E-state index contributed by atoms with van der Waals surface area (Å²) >= 11 is 0. The van der Waals surface area contributed by atoms with Crippen molar-refractivity contribution < 1.29 is 22.3 Å². The number of rotatable bonds is 10. The number of sulfonamides is 1. The van der Waals surface area contributed by atoms with Gasteiger partial charge in [-0.1, -0.05) is 29.8 Å². The van der Waals surface area contributed by atoms with Crippen molar-refractivity contribution in [2.75, 3.05) is 19.7 Å². The summed E-state index contributed by atoms with van der Waals surface area (Å²) in [6.07, 6.45) is 0.633. The molecule has 0 aliphatic rings. The van der Waals surface area contributed by atoms with Gasteiger partial charge in [-0.15, -0.1) is 0 Å². The van der Waals surface area contributed by atoms with E-state index in [9.17, 15) is 17.6 Å². The van der Waals surface area contributed by atoms with Crippen LogP contribution in [0.3, 0.4) is 0 Å². The molecule has 146 valence electrons. The molecule has 0 radical (unpaired) electrons. The van der Waals surface area contributed by atoms with Crippen molar-refractivity contribution in [2.24, 2.45) is 0 Å². The third kappa shape index (κ3) is 6.99. The molecule has 0 saturated carbocycles. The first-order valence-corrected chi connectivity index (χ1v) is 10.1. The highest BCUT2D eigenvalue weighted by molar-refractivity contribution is 7.89. The zero-order valence-corrected chi connectivity index (χ0v) is 15.9. The maximum atomic E-state index is 13.4. The third-order valence-electron chi connectivity index (χ3n) is 3.71. The number of carbonyl (C=O) groups is 1. The zero-order chi connectivity index (χ0) is 19.7. The van der Waals surface area contributed by atoms with Crippen LogP contribution in [0.5, 0.6) is 5.75 Å². The van der Waals surface area contributed by atoms with E-state index in [1.165, 1.54) is 24.3 Å². The van der Waals surface area contributed by atoms with E-state index in [1.807, 2.05) is 6.92 Å². The second kappa shape index (κ2) is 10.0. The first-order chi connectivity index (χ1) is 12.9. The molecule has 0 saturated heterocycles. The normalized spacial score (nSPS) is 11.2. The van der Waals surface area contributed by atoms with Gasteiger partial charge in [-0.2, -0.15) is 0 Å². The lowest BCUT2D eigenvalue weighted by Gasteiger charge is -2.09. The van der Waals surface area contributed by atoms with Crippen LogP contribution >= 0.6 is 0 Å². The first-order valence-electron chi connectivity index (χ1n) is 8.59.